The molecule has 1 atom stereocenters. The number of nitriles is 1. The van der Waals surface area contributed by atoms with Gasteiger partial charge in [-0.1, -0.05) is 10.9 Å². The molecule has 0 bridgehead atoms. The van der Waals surface area contributed by atoms with Gasteiger partial charge in [-0.25, -0.2) is 21.5 Å². The minimum atomic E-state index is -1.44. The van der Waals surface area contributed by atoms with Gasteiger partial charge in [0.2, 0.25) is 0 Å². The SMILES string of the molecule is COC1=C[SH](C#N)C(N(N)C(=O)NN)=C(OC)C1. The van der Waals surface area contributed by atoms with Crippen molar-refractivity contribution in [1.29, 1.82) is 5.26 Å². The van der Waals surface area contributed by atoms with Crippen molar-refractivity contribution in [3.8, 4) is 5.40 Å². The normalized spacial score (nSPS) is 20.6. The third-order valence-electron chi connectivity index (χ3n) is 2.27. The standard InChI is InChI=1S/C9H15N5O3S/c1-16-6-3-7(17-2)8(18(4-6)5-10)14(12)9(15)13-11/h4,18H,3,11-12H2,1-2H3,(H,13,15). The Morgan fingerprint density at radius 2 is 2.28 bits per heavy atom. The molecule has 0 aliphatic carbocycles. The van der Waals surface area contributed by atoms with Gasteiger partial charge < -0.3 is 9.47 Å². The Bertz CT molecular complexity index is 442. The van der Waals surface area contributed by atoms with E-state index in [1.54, 1.807) is 5.41 Å². The molecule has 0 aromatic heterocycles. The first kappa shape index (κ1) is 14.2. The minimum absolute atomic E-state index is 0.304. The molecule has 0 radical (unpaired) electrons. The first-order valence-corrected chi connectivity index (χ1v) is 6.26. The Morgan fingerprint density at radius 1 is 1.61 bits per heavy atom. The molecular weight excluding hydrogens is 258 g/mol. The zero-order valence-corrected chi connectivity index (χ0v) is 10.9. The number of thiol groups is 1. The third-order valence-corrected chi connectivity index (χ3v) is 3.96. The zero-order chi connectivity index (χ0) is 13.7. The molecule has 1 rings (SSSR count). The van der Waals surface area contributed by atoms with E-state index < -0.39 is 16.9 Å². The summed E-state index contributed by atoms with van der Waals surface area (Å²) in [6.07, 6.45) is 0.328. The molecule has 18 heavy (non-hydrogen) atoms. The molecule has 100 valence electrons. The van der Waals surface area contributed by atoms with Crippen molar-refractivity contribution >= 4 is 16.9 Å². The number of methoxy groups -OCH3 is 2. The number of hydrazine groups is 2. The summed E-state index contributed by atoms with van der Waals surface area (Å²) in [5.41, 5.74) is 1.90. The van der Waals surface area contributed by atoms with Gasteiger partial charge in [-0.15, -0.1) is 0 Å². The number of rotatable bonds is 3. The fraction of sp³-hybridized carbons (Fsp3) is 0.333. The molecule has 9 heteroatoms. The lowest BCUT2D eigenvalue weighted by atomic mass is 10.3. The number of hydrogen-bond acceptors (Lipinski definition) is 6. The Morgan fingerprint density at radius 3 is 2.72 bits per heavy atom. The average Bonchev–Trinajstić information content (AvgIpc) is 2.43. The van der Waals surface area contributed by atoms with Crippen LogP contribution in [-0.4, -0.2) is 25.3 Å². The molecule has 0 saturated carbocycles. The van der Waals surface area contributed by atoms with E-state index in [1.807, 2.05) is 5.43 Å². The number of carbonyl (C=O) groups excluding carboxylic acids is 1. The number of nitrogens with one attached hydrogen (secondary N) is 1. The van der Waals surface area contributed by atoms with Gasteiger partial charge >= 0.3 is 6.03 Å². The lowest BCUT2D eigenvalue weighted by molar-refractivity contribution is 0.204. The van der Waals surface area contributed by atoms with E-state index in [1.165, 1.54) is 14.2 Å². The number of urea groups is 1. The molecule has 5 N–H and O–H groups in total. The maximum atomic E-state index is 11.4. The second-order valence-corrected chi connectivity index (χ2v) is 4.84. The van der Waals surface area contributed by atoms with Crippen LogP contribution in [0.2, 0.25) is 0 Å². The van der Waals surface area contributed by atoms with Gasteiger partial charge in [-0.3, -0.25) is 5.43 Å². The molecular formula is C9H15N5O3S. The molecule has 1 heterocycles. The maximum absolute atomic E-state index is 11.4. The third kappa shape index (κ3) is 2.67. The van der Waals surface area contributed by atoms with Crippen molar-refractivity contribution in [3.63, 3.8) is 0 Å². The fourth-order valence-corrected chi connectivity index (χ4v) is 2.92. The van der Waals surface area contributed by atoms with Crippen LogP contribution in [0.5, 0.6) is 0 Å². The average molecular weight is 273 g/mol. The Hall–Kier alpha value is -1.89. The van der Waals surface area contributed by atoms with Crippen molar-refractivity contribution < 1.29 is 14.3 Å². The van der Waals surface area contributed by atoms with E-state index in [0.29, 0.717) is 23.0 Å². The second kappa shape index (κ2) is 6.15. The van der Waals surface area contributed by atoms with Crippen molar-refractivity contribution in [2.75, 3.05) is 14.2 Å². The summed E-state index contributed by atoms with van der Waals surface area (Å²) in [6, 6.07) is -0.725. The van der Waals surface area contributed by atoms with Crippen LogP contribution >= 0.6 is 10.9 Å². The second-order valence-electron chi connectivity index (χ2n) is 3.22. The zero-order valence-electron chi connectivity index (χ0n) is 10.0. The molecule has 0 fully saturated rings. The Balaban J connectivity index is 3.15. The molecule has 1 aliphatic rings. The quantitative estimate of drug-likeness (QED) is 0.187. The smallest absolute Gasteiger partial charge is 0.350 e. The summed E-state index contributed by atoms with van der Waals surface area (Å²) in [5, 5.41) is 13.9. The van der Waals surface area contributed by atoms with Crippen LogP contribution in [-0.2, 0) is 9.47 Å². The predicted octanol–water partition coefficient (Wildman–Crippen LogP) is -0.0653. The Labute approximate surface area is 107 Å². The van der Waals surface area contributed by atoms with E-state index in [0.717, 1.165) is 5.01 Å². The van der Waals surface area contributed by atoms with Crippen LogP contribution in [0.4, 0.5) is 4.79 Å². The molecule has 0 saturated heterocycles. The van der Waals surface area contributed by atoms with Crippen LogP contribution in [0.1, 0.15) is 6.42 Å². The number of hydrogen-bond donors (Lipinski definition) is 4. The van der Waals surface area contributed by atoms with E-state index in [4.69, 9.17) is 26.4 Å². The predicted molar refractivity (Wildman–Crippen MR) is 67.1 cm³/mol. The largest absolute Gasteiger partial charge is 0.500 e. The molecule has 1 unspecified atom stereocenters. The van der Waals surface area contributed by atoms with Gasteiger partial charge in [0.05, 0.1) is 20.6 Å². The van der Waals surface area contributed by atoms with Crippen LogP contribution in [0.15, 0.2) is 22.0 Å². The minimum Gasteiger partial charge on any atom is -0.500 e. The summed E-state index contributed by atoms with van der Waals surface area (Å²) in [5.74, 6) is 11.6. The molecule has 1 aliphatic heterocycles. The van der Waals surface area contributed by atoms with Crippen molar-refractivity contribution in [3.05, 3.63) is 22.0 Å². The van der Waals surface area contributed by atoms with Crippen molar-refractivity contribution in [2.24, 2.45) is 11.7 Å². The first-order chi connectivity index (χ1) is 8.58. The van der Waals surface area contributed by atoms with Gasteiger partial charge in [-0.2, -0.15) is 5.26 Å². The number of nitrogens with zero attached hydrogens (tertiary/aromatic N) is 2. The Kier molecular flexibility index (Phi) is 4.85. The van der Waals surface area contributed by atoms with Gasteiger partial charge in [0, 0.05) is 5.41 Å². The number of nitrogens with two attached hydrogens (primary N) is 2. The van der Waals surface area contributed by atoms with Gasteiger partial charge in [0.1, 0.15) is 21.9 Å². The van der Waals surface area contributed by atoms with Gasteiger partial charge in [-0.05, 0) is 0 Å². The highest BCUT2D eigenvalue weighted by Gasteiger charge is 2.28. The molecule has 0 aromatic carbocycles. The van der Waals surface area contributed by atoms with E-state index in [9.17, 15) is 4.79 Å². The van der Waals surface area contributed by atoms with Crippen LogP contribution < -0.4 is 17.1 Å². The monoisotopic (exact) mass is 273 g/mol. The summed E-state index contributed by atoms with van der Waals surface area (Å²) in [7, 11) is 1.50. The molecule has 8 nitrogen and oxygen atoms in total. The number of carbonyl (C=O) groups is 1. The van der Waals surface area contributed by atoms with E-state index in [-0.39, 0.29) is 0 Å². The lowest BCUT2D eigenvalue weighted by Gasteiger charge is -2.29. The summed E-state index contributed by atoms with van der Waals surface area (Å²) < 4.78 is 10.3. The van der Waals surface area contributed by atoms with E-state index in [2.05, 4.69) is 5.40 Å². The maximum Gasteiger partial charge on any atom is 0.350 e. The highest BCUT2D eigenvalue weighted by atomic mass is 32.2. The van der Waals surface area contributed by atoms with Crippen LogP contribution in [0, 0.1) is 10.7 Å². The highest BCUT2D eigenvalue weighted by molar-refractivity contribution is 8.26. The number of ether oxygens (including phenoxy) is 2. The number of amides is 2. The highest BCUT2D eigenvalue weighted by Crippen LogP contribution is 2.45. The molecule has 0 aromatic rings. The van der Waals surface area contributed by atoms with Crippen LogP contribution in [0.3, 0.4) is 0 Å². The first-order valence-electron chi connectivity index (χ1n) is 4.85. The summed E-state index contributed by atoms with van der Waals surface area (Å²) in [4.78, 5) is 11.4. The van der Waals surface area contributed by atoms with Crippen LogP contribution in [0.25, 0.3) is 0 Å². The topological polar surface area (TPSA) is 127 Å². The fourth-order valence-electron chi connectivity index (χ4n) is 1.40. The lowest BCUT2D eigenvalue weighted by Crippen LogP contribution is -2.47. The summed E-state index contributed by atoms with van der Waals surface area (Å²) in [6.45, 7) is 0. The molecule has 2 amide bonds. The van der Waals surface area contributed by atoms with Gasteiger partial charge in [0.15, 0.2) is 0 Å². The van der Waals surface area contributed by atoms with Gasteiger partial charge in [0.25, 0.3) is 0 Å². The number of thiocyanates is 1. The van der Waals surface area contributed by atoms with E-state index >= 15 is 0 Å². The van der Waals surface area contributed by atoms with Crippen molar-refractivity contribution in [1.82, 2.24) is 10.4 Å². The summed E-state index contributed by atoms with van der Waals surface area (Å²) >= 11 is 0. The van der Waals surface area contributed by atoms with Crippen molar-refractivity contribution in [2.45, 2.75) is 6.42 Å². The molecule has 0 spiro atoms.